The van der Waals surface area contributed by atoms with Gasteiger partial charge in [-0.2, -0.15) is 0 Å². The van der Waals surface area contributed by atoms with E-state index < -0.39 is 0 Å². The molecule has 1 aromatic heterocycles. The Morgan fingerprint density at radius 2 is 2.55 bits per heavy atom. The third-order valence-corrected chi connectivity index (χ3v) is 1.95. The van der Waals surface area contributed by atoms with E-state index >= 15 is 0 Å². The Bertz CT molecular complexity index is 268. The third-order valence-electron chi connectivity index (χ3n) is 1.95. The summed E-state index contributed by atoms with van der Waals surface area (Å²) < 4.78 is 0. The Labute approximate surface area is 66.7 Å². The molecule has 2 nitrogen and oxygen atoms in total. The maximum Gasteiger partial charge on any atom is 0.129 e. The molecule has 0 bridgehead atoms. The topological polar surface area (TPSA) is 24.9 Å². The van der Waals surface area contributed by atoms with Crippen LogP contribution in [0, 0.1) is 13.1 Å². The van der Waals surface area contributed by atoms with E-state index in [0.29, 0.717) is 0 Å². The maximum atomic E-state index is 4.18. The van der Waals surface area contributed by atoms with Crippen LogP contribution in [0.2, 0.25) is 0 Å². The molecule has 2 heteroatoms. The van der Waals surface area contributed by atoms with Gasteiger partial charge in [-0.25, -0.2) is 4.98 Å². The second kappa shape index (κ2) is 2.53. The number of hydrogen-bond donors (Lipinski definition) is 1. The van der Waals surface area contributed by atoms with Crippen molar-refractivity contribution in [3.8, 4) is 0 Å². The van der Waals surface area contributed by atoms with E-state index in [9.17, 15) is 0 Å². The number of rotatable bonds is 0. The van der Waals surface area contributed by atoms with Crippen LogP contribution in [-0.4, -0.2) is 11.5 Å². The SMILES string of the molecule is Cc1[c]nc2c(c1)CCCN2. The molecule has 0 fully saturated rings. The van der Waals surface area contributed by atoms with Gasteiger partial charge in [0.2, 0.25) is 0 Å². The molecule has 1 aromatic rings. The lowest BCUT2D eigenvalue weighted by Crippen LogP contribution is -2.13. The standard InChI is InChI=1S/C9H11N2/c1-7-5-8-3-2-4-10-9(8)11-6-7/h5H,2-4H2,1H3,(H,10,11). The van der Waals surface area contributed by atoms with Gasteiger partial charge in [-0.15, -0.1) is 0 Å². The zero-order chi connectivity index (χ0) is 7.68. The van der Waals surface area contributed by atoms with Crippen LogP contribution in [0.25, 0.3) is 0 Å². The number of aryl methyl sites for hydroxylation is 2. The molecule has 1 N–H and O–H groups in total. The van der Waals surface area contributed by atoms with Gasteiger partial charge in [0, 0.05) is 6.54 Å². The molecular formula is C9H11N2. The Morgan fingerprint density at radius 3 is 3.45 bits per heavy atom. The Balaban J connectivity index is 2.43. The molecule has 0 amide bonds. The Morgan fingerprint density at radius 1 is 1.64 bits per heavy atom. The molecule has 0 aromatic carbocycles. The maximum absolute atomic E-state index is 4.18. The zero-order valence-corrected chi connectivity index (χ0v) is 6.65. The molecule has 0 atom stereocenters. The van der Waals surface area contributed by atoms with Crippen molar-refractivity contribution >= 4 is 5.82 Å². The highest BCUT2D eigenvalue weighted by Gasteiger charge is 2.08. The lowest BCUT2D eigenvalue weighted by molar-refractivity contribution is 0.815. The lowest BCUT2D eigenvalue weighted by atomic mass is 10.1. The summed E-state index contributed by atoms with van der Waals surface area (Å²) in [6, 6.07) is 2.16. The molecule has 57 valence electrons. The molecule has 0 unspecified atom stereocenters. The van der Waals surface area contributed by atoms with Crippen LogP contribution in [0.3, 0.4) is 0 Å². The molecular weight excluding hydrogens is 136 g/mol. The molecule has 0 spiro atoms. The quantitative estimate of drug-likeness (QED) is 0.602. The fourth-order valence-electron chi connectivity index (χ4n) is 1.41. The summed E-state index contributed by atoms with van der Waals surface area (Å²) in [6.07, 6.45) is 5.32. The predicted octanol–water partition coefficient (Wildman–Crippen LogP) is 1.55. The fourth-order valence-corrected chi connectivity index (χ4v) is 1.41. The molecule has 2 heterocycles. The first-order chi connectivity index (χ1) is 5.36. The van der Waals surface area contributed by atoms with E-state index in [1.165, 1.54) is 12.0 Å². The molecule has 2 rings (SSSR count). The summed E-state index contributed by atoms with van der Waals surface area (Å²) in [5, 5.41) is 3.25. The molecule has 0 saturated carbocycles. The van der Waals surface area contributed by atoms with E-state index in [-0.39, 0.29) is 0 Å². The van der Waals surface area contributed by atoms with Crippen molar-refractivity contribution in [2.24, 2.45) is 0 Å². The number of anilines is 1. The monoisotopic (exact) mass is 147 g/mol. The second-order valence-electron chi connectivity index (χ2n) is 2.96. The van der Waals surface area contributed by atoms with Gasteiger partial charge >= 0.3 is 0 Å². The van der Waals surface area contributed by atoms with Crippen LogP contribution in [0.4, 0.5) is 5.82 Å². The van der Waals surface area contributed by atoms with Gasteiger partial charge in [0.1, 0.15) is 5.82 Å². The second-order valence-corrected chi connectivity index (χ2v) is 2.96. The minimum Gasteiger partial charge on any atom is -0.370 e. The van der Waals surface area contributed by atoms with Crippen molar-refractivity contribution in [2.45, 2.75) is 19.8 Å². The highest BCUT2D eigenvalue weighted by Crippen LogP contribution is 2.18. The number of fused-ring (bicyclic) bond motifs is 1. The van der Waals surface area contributed by atoms with Crippen molar-refractivity contribution in [1.29, 1.82) is 0 Å². The van der Waals surface area contributed by atoms with Crippen LogP contribution < -0.4 is 5.32 Å². The van der Waals surface area contributed by atoms with Crippen molar-refractivity contribution in [2.75, 3.05) is 11.9 Å². The van der Waals surface area contributed by atoms with E-state index in [1.807, 2.05) is 6.92 Å². The average molecular weight is 147 g/mol. The van der Waals surface area contributed by atoms with Crippen LogP contribution >= 0.6 is 0 Å². The van der Waals surface area contributed by atoms with Gasteiger partial charge in [0.15, 0.2) is 0 Å². The predicted molar refractivity (Wildman–Crippen MR) is 44.6 cm³/mol. The average Bonchev–Trinajstić information content (AvgIpc) is 2.04. The first-order valence-corrected chi connectivity index (χ1v) is 3.98. The van der Waals surface area contributed by atoms with Crippen LogP contribution in [0.1, 0.15) is 17.5 Å². The van der Waals surface area contributed by atoms with E-state index in [4.69, 9.17) is 0 Å². The van der Waals surface area contributed by atoms with E-state index in [0.717, 1.165) is 24.3 Å². The molecule has 1 radical (unpaired) electrons. The number of nitrogens with zero attached hydrogens (tertiary/aromatic N) is 1. The molecule has 1 aliphatic rings. The summed E-state index contributed by atoms with van der Waals surface area (Å²) in [4.78, 5) is 4.18. The number of nitrogens with one attached hydrogen (secondary N) is 1. The van der Waals surface area contributed by atoms with Crippen LogP contribution in [-0.2, 0) is 6.42 Å². The first-order valence-electron chi connectivity index (χ1n) is 3.98. The van der Waals surface area contributed by atoms with E-state index in [1.54, 1.807) is 0 Å². The highest BCUT2D eigenvalue weighted by molar-refractivity contribution is 5.46. The van der Waals surface area contributed by atoms with Gasteiger partial charge in [0.05, 0.1) is 6.20 Å². The van der Waals surface area contributed by atoms with Gasteiger partial charge in [0.25, 0.3) is 0 Å². The number of hydrogen-bond acceptors (Lipinski definition) is 2. The molecule has 0 saturated heterocycles. The highest BCUT2D eigenvalue weighted by atomic mass is 15.0. The van der Waals surface area contributed by atoms with Gasteiger partial charge in [-0.1, -0.05) is 6.07 Å². The van der Waals surface area contributed by atoms with Gasteiger partial charge < -0.3 is 5.32 Å². The van der Waals surface area contributed by atoms with Gasteiger partial charge in [-0.05, 0) is 30.9 Å². The van der Waals surface area contributed by atoms with Crippen molar-refractivity contribution in [1.82, 2.24) is 4.98 Å². The Hall–Kier alpha value is -1.05. The van der Waals surface area contributed by atoms with E-state index in [2.05, 4.69) is 22.6 Å². The summed E-state index contributed by atoms with van der Waals surface area (Å²) in [6.45, 7) is 3.08. The summed E-state index contributed by atoms with van der Waals surface area (Å²) in [7, 11) is 0. The first kappa shape index (κ1) is 6.65. The number of aromatic nitrogens is 1. The summed E-state index contributed by atoms with van der Waals surface area (Å²) in [5.41, 5.74) is 2.47. The summed E-state index contributed by atoms with van der Waals surface area (Å²) in [5.74, 6) is 1.03. The molecule has 0 aliphatic carbocycles. The largest absolute Gasteiger partial charge is 0.370 e. The minimum absolute atomic E-state index is 1.03. The van der Waals surface area contributed by atoms with Crippen LogP contribution in [0.15, 0.2) is 6.07 Å². The van der Waals surface area contributed by atoms with Crippen molar-refractivity contribution < 1.29 is 0 Å². The lowest BCUT2D eigenvalue weighted by Gasteiger charge is -2.16. The Kier molecular flexibility index (Phi) is 1.53. The normalized spacial score (nSPS) is 15.4. The van der Waals surface area contributed by atoms with Crippen molar-refractivity contribution in [3.05, 3.63) is 23.4 Å². The summed E-state index contributed by atoms with van der Waals surface area (Å²) >= 11 is 0. The molecule has 11 heavy (non-hydrogen) atoms. The smallest absolute Gasteiger partial charge is 0.129 e. The van der Waals surface area contributed by atoms with Crippen LogP contribution in [0.5, 0.6) is 0 Å². The fraction of sp³-hybridized carbons (Fsp3) is 0.444. The number of pyridine rings is 1. The molecule has 1 aliphatic heterocycles. The minimum atomic E-state index is 1.03. The van der Waals surface area contributed by atoms with Gasteiger partial charge in [-0.3, -0.25) is 0 Å². The van der Waals surface area contributed by atoms with Crippen molar-refractivity contribution in [3.63, 3.8) is 0 Å². The zero-order valence-electron chi connectivity index (χ0n) is 6.65. The third kappa shape index (κ3) is 1.20.